The molecule has 3 nitrogen and oxygen atoms in total. The second-order valence-corrected chi connectivity index (χ2v) is 6.50. The van der Waals surface area contributed by atoms with Crippen molar-refractivity contribution in [3.05, 3.63) is 29.6 Å². The molecule has 1 saturated heterocycles. The van der Waals surface area contributed by atoms with Crippen LogP contribution in [0.25, 0.3) is 0 Å². The Balaban J connectivity index is 1.91. The Labute approximate surface area is 124 Å². The van der Waals surface area contributed by atoms with E-state index in [0.717, 1.165) is 13.0 Å². The molecule has 0 amide bonds. The largest absolute Gasteiger partial charge is 0.301 e. The maximum Gasteiger partial charge on any atom is 0.0459 e. The lowest BCUT2D eigenvalue weighted by molar-refractivity contribution is 0.132. The fourth-order valence-electron chi connectivity index (χ4n) is 2.62. The van der Waals surface area contributed by atoms with Crippen LogP contribution >= 0.6 is 0 Å². The maximum absolute atomic E-state index is 4.68. The molecular formula is C17H29N3. The van der Waals surface area contributed by atoms with Crippen LogP contribution in [0.2, 0.25) is 0 Å². The Bertz CT molecular complexity index is 403. The molecule has 1 aromatic rings. The standard InChI is InChI=1S/C17H29N3/c1-5-17(3,4)16-8-7-15(13-18-16)14-20-11-9-19(6-2)10-12-20/h7-8,13H,5-6,9-12,14H2,1-4H3. The van der Waals surface area contributed by atoms with Gasteiger partial charge in [-0.3, -0.25) is 9.88 Å². The van der Waals surface area contributed by atoms with Gasteiger partial charge in [-0.05, 0) is 24.6 Å². The normalized spacial score (nSPS) is 18.4. The van der Waals surface area contributed by atoms with Crippen LogP contribution in [-0.2, 0) is 12.0 Å². The molecule has 1 fully saturated rings. The first-order chi connectivity index (χ1) is 9.55. The zero-order valence-electron chi connectivity index (χ0n) is 13.5. The Morgan fingerprint density at radius 2 is 1.70 bits per heavy atom. The molecule has 0 spiro atoms. The molecule has 0 aliphatic carbocycles. The van der Waals surface area contributed by atoms with Crippen LogP contribution in [0.3, 0.4) is 0 Å². The first kappa shape index (κ1) is 15.5. The van der Waals surface area contributed by atoms with Gasteiger partial charge in [0, 0.05) is 50.0 Å². The summed E-state index contributed by atoms with van der Waals surface area (Å²) in [6.07, 6.45) is 3.19. The van der Waals surface area contributed by atoms with Crippen molar-refractivity contribution < 1.29 is 0 Å². The lowest BCUT2D eigenvalue weighted by Crippen LogP contribution is -2.45. The summed E-state index contributed by atoms with van der Waals surface area (Å²) in [6, 6.07) is 4.47. The van der Waals surface area contributed by atoms with E-state index in [2.05, 4.69) is 60.8 Å². The molecule has 0 radical (unpaired) electrons. The zero-order valence-corrected chi connectivity index (χ0v) is 13.5. The minimum Gasteiger partial charge on any atom is -0.301 e. The van der Waals surface area contributed by atoms with E-state index in [4.69, 9.17) is 0 Å². The number of hydrogen-bond donors (Lipinski definition) is 0. The van der Waals surface area contributed by atoms with Crippen LogP contribution in [0.15, 0.2) is 18.3 Å². The van der Waals surface area contributed by atoms with E-state index in [-0.39, 0.29) is 5.41 Å². The van der Waals surface area contributed by atoms with Gasteiger partial charge in [-0.2, -0.15) is 0 Å². The summed E-state index contributed by atoms with van der Waals surface area (Å²) in [4.78, 5) is 9.73. The summed E-state index contributed by atoms with van der Waals surface area (Å²) in [6.45, 7) is 16.0. The molecule has 0 bridgehead atoms. The second-order valence-electron chi connectivity index (χ2n) is 6.50. The van der Waals surface area contributed by atoms with Crippen LogP contribution in [0, 0.1) is 0 Å². The van der Waals surface area contributed by atoms with E-state index < -0.39 is 0 Å². The highest BCUT2D eigenvalue weighted by molar-refractivity contribution is 5.19. The highest BCUT2D eigenvalue weighted by atomic mass is 15.3. The Morgan fingerprint density at radius 1 is 1.05 bits per heavy atom. The van der Waals surface area contributed by atoms with Crippen molar-refractivity contribution in [1.82, 2.24) is 14.8 Å². The van der Waals surface area contributed by atoms with Crippen LogP contribution < -0.4 is 0 Å². The molecule has 1 aliphatic heterocycles. The minimum atomic E-state index is 0.186. The number of nitrogens with zero attached hydrogens (tertiary/aromatic N) is 3. The number of hydrogen-bond acceptors (Lipinski definition) is 3. The molecule has 3 heteroatoms. The van der Waals surface area contributed by atoms with Crippen molar-refractivity contribution in [1.29, 1.82) is 0 Å². The molecule has 0 N–H and O–H groups in total. The Kier molecular flexibility index (Phi) is 5.17. The summed E-state index contributed by atoms with van der Waals surface area (Å²) < 4.78 is 0. The van der Waals surface area contributed by atoms with Gasteiger partial charge in [0.2, 0.25) is 0 Å². The monoisotopic (exact) mass is 275 g/mol. The molecule has 0 aromatic carbocycles. The van der Waals surface area contributed by atoms with Gasteiger partial charge in [0.25, 0.3) is 0 Å². The van der Waals surface area contributed by atoms with Gasteiger partial charge in [0.05, 0.1) is 0 Å². The SMILES string of the molecule is CCN1CCN(Cc2ccc(C(C)(C)CC)nc2)CC1. The average Bonchev–Trinajstić information content (AvgIpc) is 2.48. The van der Waals surface area contributed by atoms with Crippen LogP contribution in [0.5, 0.6) is 0 Å². The first-order valence-corrected chi connectivity index (χ1v) is 7.95. The molecule has 1 aliphatic rings. The Morgan fingerprint density at radius 3 is 2.20 bits per heavy atom. The number of likely N-dealkylation sites (N-methyl/N-ethyl adjacent to an activating group) is 1. The third kappa shape index (κ3) is 3.80. The highest BCUT2D eigenvalue weighted by Crippen LogP contribution is 2.24. The molecule has 0 unspecified atom stereocenters. The highest BCUT2D eigenvalue weighted by Gasteiger charge is 2.20. The van der Waals surface area contributed by atoms with Gasteiger partial charge in [-0.1, -0.05) is 33.8 Å². The fourth-order valence-corrected chi connectivity index (χ4v) is 2.62. The van der Waals surface area contributed by atoms with Gasteiger partial charge in [-0.25, -0.2) is 0 Å². The van der Waals surface area contributed by atoms with Gasteiger partial charge in [-0.15, -0.1) is 0 Å². The third-order valence-electron chi connectivity index (χ3n) is 4.72. The summed E-state index contributed by atoms with van der Waals surface area (Å²) in [5, 5.41) is 0. The molecule has 0 atom stereocenters. The predicted octanol–water partition coefficient (Wildman–Crippen LogP) is 2.91. The lowest BCUT2D eigenvalue weighted by Gasteiger charge is -2.34. The molecule has 20 heavy (non-hydrogen) atoms. The fraction of sp³-hybridized carbons (Fsp3) is 0.706. The zero-order chi connectivity index (χ0) is 14.6. The molecule has 2 heterocycles. The second kappa shape index (κ2) is 6.68. The number of piperazine rings is 1. The van der Waals surface area contributed by atoms with Gasteiger partial charge in [0.1, 0.15) is 0 Å². The topological polar surface area (TPSA) is 19.4 Å². The van der Waals surface area contributed by atoms with E-state index in [9.17, 15) is 0 Å². The van der Waals surface area contributed by atoms with Crippen LogP contribution in [0.1, 0.15) is 45.4 Å². The van der Waals surface area contributed by atoms with Crippen molar-refractivity contribution in [2.24, 2.45) is 0 Å². The van der Waals surface area contributed by atoms with Crippen molar-refractivity contribution >= 4 is 0 Å². The van der Waals surface area contributed by atoms with Crippen molar-refractivity contribution in [2.45, 2.75) is 46.1 Å². The van der Waals surface area contributed by atoms with Crippen LogP contribution in [-0.4, -0.2) is 47.5 Å². The first-order valence-electron chi connectivity index (χ1n) is 7.95. The molecular weight excluding hydrogens is 246 g/mol. The summed E-state index contributed by atoms with van der Waals surface area (Å²) >= 11 is 0. The Hall–Kier alpha value is -0.930. The predicted molar refractivity (Wildman–Crippen MR) is 84.9 cm³/mol. The number of rotatable bonds is 5. The molecule has 1 aromatic heterocycles. The van der Waals surface area contributed by atoms with Gasteiger partial charge in [0.15, 0.2) is 0 Å². The quantitative estimate of drug-likeness (QED) is 0.823. The van der Waals surface area contributed by atoms with Gasteiger partial charge >= 0.3 is 0 Å². The third-order valence-corrected chi connectivity index (χ3v) is 4.72. The molecule has 112 valence electrons. The summed E-state index contributed by atoms with van der Waals surface area (Å²) in [7, 11) is 0. The van der Waals surface area contributed by atoms with E-state index in [0.29, 0.717) is 0 Å². The van der Waals surface area contributed by atoms with E-state index in [1.54, 1.807) is 0 Å². The summed E-state index contributed by atoms with van der Waals surface area (Å²) in [5.41, 5.74) is 2.73. The van der Waals surface area contributed by atoms with Crippen molar-refractivity contribution in [3.8, 4) is 0 Å². The van der Waals surface area contributed by atoms with Crippen molar-refractivity contribution in [3.63, 3.8) is 0 Å². The lowest BCUT2D eigenvalue weighted by atomic mass is 9.86. The minimum absolute atomic E-state index is 0.186. The number of pyridine rings is 1. The van der Waals surface area contributed by atoms with Gasteiger partial charge < -0.3 is 4.90 Å². The smallest absolute Gasteiger partial charge is 0.0459 e. The van der Waals surface area contributed by atoms with Crippen molar-refractivity contribution in [2.75, 3.05) is 32.7 Å². The van der Waals surface area contributed by atoms with E-state index >= 15 is 0 Å². The van der Waals surface area contributed by atoms with Crippen LogP contribution in [0.4, 0.5) is 0 Å². The maximum atomic E-state index is 4.68. The van der Waals surface area contributed by atoms with E-state index in [1.807, 2.05) is 0 Å². The summed E-state index contributed by atoms with van der Waals surface area (Å²) in [5.74, 6) is 0. The number of aromatic nitrogens is 1. The van der Waals surface area contributed by atoms with E-state index in [1.165, 1.54) is 44.0 Å². The average molecular weight is 275 g/mol. The molecule has 0 saturated carbocycles. The molecule has 2 rings (SSSR count).